The van der Waals surface area contributed by atoms with Crippen LogP contribution in [0.5, 0.6) is 0 Å². The molecule has 0 fully saturated rings. The first-order valence-corrected chi connectivity index (χ1v) is 7.18. The molecule has 0 saturated carbocycles. The lowest BCUT2D eigenvalue weighted by atomic mass is 9.92. The molecule has 1 aromatic carbocycles. The van der Waals surface area contributed by atoms with Crippen LogP contribution in [-0.4, -0.2) is 0 Å². The van der Waals surface area contributed by atoms with Crippen molar-refractivity contribution in [2.24, 2.45) is 5.92 Å². The summed E-state index contributed by atoms with van der Waals surface area (Å²) >= 11 is 0. The molecule has 0 unspecified atom stereocenters. The van der Waals surface area contributed by atoms with Crippen LogP contribution in [0.3, 0.4) is 0 Å². The van der Waals surface area contributed by atoms with Crippen LogP contribution in [-0.2, 0) is 6.42 Å². The number of aryl methyl sites for hydroxylation is 1. The predicted octanol–water partition coefficient (Wildman–Crippen LogP) is 5.48. The second-order valence-electron chi connectivity index (χ2n) is 5.79. The zero-order chi connectivity index (χ0) is 14.0. The van der Waals surface area contributed by atoms with Crippen molar-refractivity contribution in [1.29, 1.82) is 0 Å². The smallest absolute Gasteiger partial charge is 0.000821 e. The molecule has 2 rings (SSSR count). The normalized spacial score (nSPS) is 15.1. The Morgan fingerprint density at radius 3 is 2.68 bits per heavy atom. The van der Waals surface area contributed by atoms with Gasteiger partial charge >= 0.3 is 0 Å². The molecule has 1 aromatic rings. The maximum Gasteiger partial charge on any atom is -0.000821 e. The van der Waals surface area contributed by atoms with Crippen molar-refractivity contribution in [3.05, 3.63) is 64.8 Å². The Kier molecular flexibility index (Phi) is 4.09. The molecule has 0 amide bonds. The van der Waals surface area contributed by atoms with Gasteiger partial charge in [0.05, 0.1) is 0 Å². The number of hydrogen-bond acceptors (Lipinski definition) is 0. The van der Waals surface area contributed by atoms with Crippen LogP contribution in [0.2, 0.25) is 0 Å². The van der Waals surface area contributed by atoms with Crippen molar-refractivity contribution >= 4 is 5.57 Å². The third kappa shape index (κ3) is 2.58. The topological polar surface area (TPSA) is 0 Å². The fourth-order valence-electron chi connectivity index (χ4n) is 3.00. The molecular formula is C19H24. The molecule has 0 radical (unpaired) electrons. The van der Waals surface area contributed by atoms with Crippen molar-refractivity contribution in [3.8, 4) is 0 Å². The summed E-state index contributed by atoms with van der Waals surface area (Å²) in [5.41, 5.74) is 8.57. The summed E-state index contributed by atoms with van der Waals surface area (Å²) in [5.74, 6) is 0.689. The number of benzene rings is 1. The van der Waals surface area contributed by atoms with Crippen molar-refractivity contribution in [1.82, 2.24) is 0 Å². The van der Waals surface area contributed by atoms with E-state index in [1.165, 1.54) is 33.4 Å². The van der Waals surface area contributed by atoms with Gasteiger partial charge in [-0.3, -0.25) is 0 Å². The minimum atomic E-state index is 0.689. The highest BCUT2D eigenvalue weighted by Crippen LogP contribution is 2.39. The largest absolute Gasteiger partial charge is 0.0984 e. The van der Waals surface area contributed by atoms with E-state index >= 15 is 0 Å². The average molecular weight is 252 g/mol. The van der Waals surface area contributed by atoms with Crippen LogP contribution >= 0.6 is 0 Å². The van der Waals surface area contributed by atoms with E-state index in [1.807, 2.05) is 6.08 Å². The molecule has 0 nitrogen and oxygen atoms in total. The fraction of sp³-hybridized carbons (Fsp3) is 0.368. The van der Waals surface area contributed by atoms with Crippen LogP contribution < -0.4 is 0 Å². The Labute approximate surface area is 117 Å². The van der Waals surface area contributed by atoms with Crippen LogP contribution in [0.25, 0.3) is 5.57 Å². The Morgan fingerprint density at radius 1 is 1.37 bits per heavy atom. The number of fused-ring (bicyclic) bond motifs is 1. The fourth-order valence-corrected chi connectivity index (χ4v) is 3.00. The Balaban J connectivity index is 2.48. The molecule has 0 aliphatic heterocycles. The van der Waals surface area contributed by atoms with Gasteiger partial charge in [-0.25, -0.2) is 0 Å². The molecule has 19 heavy (non-hydrogen) atoms. The Morgan fingerprint density at radius 2 is 2.11 bits per heavy atom. The van der Waals surface area contributed by atoms with Gasteiger partial charge in [0.15, 0.2) is 0 Å². The van der Waals surface area contributed by atoms with Crippen LogP contribution in [0.1, 0.15) is 43.9 Å². The summed E-state index contributed by atoms with van der Waals surface area (Å²) in [6.45, 7) is 13.0. The molecule has 100 valence electrons. The zero-order valence-electron chi connectivity index (χ0n) is 12.6. The third-order valence-electron chi connectivity index (χ3n) is 3.95. The van der Waals surface area contributed by atoms with Gasteiger partial charge in [0, 0.05) is 0 Å². The molecule has 0 spiro atoms. The SMILES string of the molecule is C=CC1=C(/C(=C\C)CC(C)C)Cc2c(C)cccc21. The Bertz CT molecular complexity index is 553. The summed E-state index contributed by atoms with van der Waals surface area (Å²) < 4.78 is 0. The van der Waals surface area contributed by atoms with Crippen molar-refractivity contribution in [2.45, 2.75) is 40.5 Å². The highest BCUT2D eigenvalue weighted by Gasteiger charge is 2.23. The lowest BCUT2D eigenvalue weighted by Crippen LogP contribution is -1.97. The summed E-state index contributed by atoms with van der Waals surface area (Å²) in [6.07, 6.45) is 6.52. The first-order chi connectivity index (χ1) is 9.08. The molecule has 0 N–H and O–H groups in total. The highest BCUT2D eigenvalue weighted by atomic mass is 14.3. The van der Waals surface area contributed by atoms with Gasteiger partial charge in [0.1, 0.15) is 0 Å². The molecule has 1 aliphatic rings. The molecule has 0 atom stereocenters. The number of hydrogen-bond donors (Lipinski definition) is 0. The minimum Gasteiger partial charge on any atom is -0.0984 e. The second kappa shape index (κ2) is 5.61. The van der Waals surface area contributed by atoms with Crippen molar-refractivity contribution in [3.63, 3.8) is 0 Å². The van der Waals surface area contributed by atoms with Gasteiger partial charge in [-0.1, -0.05) is 50.8 Å². The van der Waals surface area contributed by atoms with Crippen LogP contribution in [0.4, 0.5) is 0 Å². The van der Waals surface area contributed by atoms with E-state index in [9.17, 15) is 0 Å². The predicted molar refractivity (Wildman–Crippen MR) is 85.2 cm³/mol. The molecule has 0 aromatic heterocycles. The van der Waals surface area contributed by atoms with Gasteiger partial charge in [-0.2, -0.15) is 0 Å². The summed E-state index contributed by atoms with van der Waals surface area (Å²) in [7, 11) is 0. The standard InChI is InChI=1S/C19H24/c1-6-15(11-13(3)4)19-12-18-14(5)9-8-10-17(18)16(19)7-2/h6-10,13H,2,11-12H2,1,3-5H3/b15-6-. The van der Waals surface area contributed by atoms with E-state index in [4.69, 9.17) is 0 Å². The molecule has 0 heteroatoms. The minimum absolute atomic E-state index is 0.689. The van der Waals surface area contributed by atoms with Gasteiger partial charge in [-0.05, 0) is 66.0 Å². The monoisotopic (exact) mass is 252 g/mol. The highest BCUT2D eigenvalue weighted by molar-refractivity contribution is 5.86. The van der Waals surface area contributed by atoms with Crippen molar-refractivity contribution < 1.29 is 0 Å². The molecular weight excluding hydrogens is 228 g/mol. The summed E-state index contributed by atoms with van der Waals surface area (Å²) in [6, 6.07) is 6.59. The first kappa shape index (κ1) is 13.9. The quantitative estimate of drug-likeness (QED) is 0.665. The third-order valence-corrected chi connectivity index (χ3v) is 3.95. The van der Waals surface area contributed by atoms with Crippen molar-refractivity contribution in [2.75, 3.05) is 0 Å². The molecule has 1 aliphatic carbocycles. The van der Waals surface area contributed by atoms with Crippen LogP contribution in [0, 0.1) is 12.8 Å². The lowest BCUT2D eigenvalue weighted by molar-refractivity contribution is 0.644. The maximum atomic E-state index is 4.03. The lowest BCUT2D eigenvalue weighted by Gasteiger charge is -2.12. The van der Waals surface area contributed by atoms with E-state index in [0.29, 0.717) is 5.92 Å². The molecule has 0 saturated heterocycles. The van der Waals surface area contributed by atoms with Gasteiger partial charge in [-0.15, -0.1) is 0 Å². The molecule has 0 bridgehead atoms. The summed E-state index contributed by atoms with van der Waals surface area (Å²) in [4.78, 5) is 0. The van der Waals surface area contributed by atoms with E-state index in [0.717, 1.165) is 12.8 Å². The maximum absolute atomic E-state index is 4.03. The Hall–Kier alpha value is -1.56. The van der Waals surface area contributed by atoms with Gasteiger partial charge in [0.2, 0.25) is 0 Å². The average Bonchev–Trinajstić information content (AvgIpc) is 2.75. The zero-order valence-corrected chi connectivity index (χ0v) is 12.6. The molecule has 0 heterocycles. The second-order valence-corrected chi connectivity index (χ2v) is 5.79. The van der Waals surface area contributed by atoms with Gasteiger partial charge in [0.25, 0.3) is 0 Å². The van der Waals surface area contributed by atoms with E-state index in [2.05, 4.69) is 58.5 Å². The number of allylic oxidation sites excluding steroid dienone is 5. The first-order valence-electron chi connectivity index (χ1n) is 7.18. The van der Waals surface area contributed by atoms with Gasteiger partial charge < -0.3 is 0 Å². The summed E-state index contributed by atoms with van der Waals surface area (Å²) in [5, 5.41) is 0. The number of rotatable bonds is 4. The van der Waals surface area contributed by atoms with E-state index < -0.39 is 0 Å². The van der Waals surface area contributed by atoms with E-state index in [-0.39, 0.29) is 0 Å². The van der Waals surface area contributed by atoms with Crippen LogP contribution in [0.15, 0.2) is 48.1 Å². The van der Waals surface area contributed by atoms with E-state index in [1.54, 1.807) is 0 Å².